The average Bonchev–Trinajstić information content (AvgIpc) is 3.65. The largest absolute Gasteiger partial charge is 0.455 e. The van der Waals surface area contributed by atoms with Gasteiger partial charge in [0.2, 0.25) is 0 Å². The number of rotatable bonds is 7. The second-order valence-corrected chi connectivity index (χ2v) is 13.7. The van der Waals surface area contributed by atoms with Gasteiger partial charge in [0, 0.05) is 33.4 Å². The predicted octanol–water partition coefficient (Wildman–Crippen LogP) is 14.9. The summed E-state index contributed by atoms with van der Waals surface area (Å²) < 4.78 is 6.58. The molecule has 2 nitrogen and oxygen atoms in total. The number of hydrogen-bond acceptors (Lipinski definition) is 2. The Labute approximate surface area is 314 Å². The Morgan fingerprint density at radius 3 is 1.24 bits per heavy atom. The summed E-state index contributed by atoms with van der Waals surface area (Å²) in [4.78, 5) is 2.34. The number of benzene rings is 9. The van der Waals surface area contributed by atoms with E-state index in [4.69, 9.17) is 4.42 Å². The third kappa shape index (κ3) is 5.62. The minimum absolute atomic E-state index is 0.903. The van der Waals surface area contributed by atoms with E-state index >= 15 is 0 Å². The van der Waals surface area contributed by atoms with E-state index in [0.29, 0.717) is 0 Å². The SMILES string of the molecule is c1ccc(-c2ccc(N(c3ccc(-c4ccccc4)cc3)c3ccc(-c4cccc5c4ccc4oc6c(-c7ccccc7)cccc6c45)cc3)cc2)cc1. The topological polar surface area (TPSA) is 16.4 Å². The van der Waals surface area contributed by atoms with Crippen molar-refractivity contribution in [3.8, 4) is 44.5 Å². The molecule has 0 fully saturated rings. The lowest BCUT2D eigenvalue weighted by Crippen LogP contribution is -2.09. The second-order valence-electron chi connectivity index (χ2n) is 13.7. The van der Waals surface area contributed by atoms with Crippen molar-refractivity contribution in [1.29, 1.82) is 0 Å². The summed E-state index contributed by atoms with van der Waals surface area (Å²) in [5, 5.41) is 4.69. The fourth-order valence-corrected chi connectivity index (χ4v) is 7.86. The molecule has 0 radical (unpaired) electrons. The molecular formula is C52H35NO. The minimum Gasteiger partial charge on any atom is -0.455 e. The number of furan rings is 1. The Hall–Kier alpha value is -7.16. The summed E-state index contributed by atoms with van der Waals surface area (Å²) in [5.74, 6) is 0. The number of anilines is 3. The molecule has 1 aromatic heterocycles. The van der Waals surface area contributed by atoms with Crippen LogP contribution in [-0.4, -0.2) is 0 Å². The molecule has 0 unspecified atom stereocenters. The van der Waals surface area contributed by atoms with Crippen LogP contribution in [0.2, 0.25) is 0 Å². The summed E-state index contributed by atoms with van der Waals surface area (Å²) in [7, 11) is 0. The van der Waals surface area contributed by atoms with Crippen molar-refractivity contribution in [2.75, 3.05) is 4.90 Å². The quantitative estimate of drug-likeness (QED) is 0.166. The van der Waals surface area contributed by atoms with Gasteiger partial charge in [-0.2, -0.15) is 0 Å². The van der Waals surface area contributed by atoms with E-state index < -0.39 is 0 Å². The zero-order chi connectivity index (χ0) is 35.8. The third-order valence-corrected chi connectivity index (χ3v) is 10.5. The molecule has 0 atom stereocenters. The molecule has 10 aromatic rings. The molecule has 54 heavy (non-hydrogen) atoms. The van der Waals surface area contributed by atoms with E-state index in [-0.39, 0.29) is 0 Å². The van der Waals surface area contributed by atoms with Gasteiger partial charge >= 0.3 is 0 Å². The first-order chi connectivity index (χ1) is 26.8. The van der Waals surface area contributed by atoms with Crippen LogP contribution in [0.4, 0.5) is 17.1 Å². The lowest BCUT2D eigenvalue weighted by molar-refractivity contribution is 0.670. The van der Waals surface area contributed by atoms with Crippen molar-refractivity contribution in [2.45, 2.75) is 0 Å². The first kappa shape index (κ1) is 31.6. The van der Waals surface area contributed by atoms with E-state index in [1.54, 1.807) is 0 Å². The van der Waals surface area contributed by atoms with Gasteiger partial charge in [-0.05, 0) is 92.2 Å². The molecule has 9 aromatic carbocycles. The van der Waals surface area contributed by atoms with Gasteiger partial charge in [-0.3, -0.25) is 0 Å². The fraction of sp³-hybridized carbons (Fsp3) is 0. The number of fused-ring (bicyclic) bond motifs is 5. The van der Waals surface area contributed by atoms with Crippen LogP contribution in [0.25, 0.3) is 77.2 Å². The molecule has 2 heteroatoms. The van der Waals surface area contributed by atoms with Gasteiger partial charge in [0.15, 0.2) is 0 Å². The minimum atomic E-state index is 0.903. The molecule has 0 aliphatic carbocycles. The average molecular weight is 690 g/mol. The normalized spacial score (nSPS) is 11.3. The van der Waals surface area contributed by atoms with Crippen molar-refractivity contribution >= 4 is 49.8 Å². The van der Waals surface area contributed by atoms with Crippen molar-refractivity contribution in [3.05, 3.63) is 212 Å². The maximum atomic E-state index is 6.58. The maximum Gasteiger partial charge on any atom is 0.143 e. The van der Waals surface area contributed by atoms with Gasteiger partial charge in [-0.1, -0.05) is 170 Å². The molecule has 0 saturated heterocycles. The summed E-state index contributed by atoms with van der Waals surface area (Å²) in [6, 6.07) is 75.7. The van der Waals surface area contributed by atoms with E-state index in [2.05, 4.69) is 211 Å². The first-order valence-electron chi connectivity index (χ1n) is 18.4. The van der Waals surface area contributed by atoms with Gasteiger partial charge in [-0.25, -0.2) is 0 Å². The zero-order valence-electron chi connectivity index (χ0n) is 29.6. The number of hydrogen-bond donors (Lipinski definition) is 0. The molecule has 0 saturated carbocycles. The van der Waals surface area contributed by atoms with E-state index in [9.17, 15) is 0 Å². The lowest BCUT2D eigenvalue weighted by Gasteiger charge is -2.26. The van der Waals surface area contributed by atoms with Crippen molar-refractivity contribution < 1.29 is 4.42 Å². The Balaban J connectivity index is 1.05. The van der Waals surface area contributed by atoms with E-state index in [0.717, 1.165) is 50.1 Å². The molecule has 10 rings (SSSR count). The first-order valence-corrected chi connectivity index (χ1v) is 18.4. The highest BCUT2D eigenvalue weighted by Gasteiger charge is 2.17. The van der Waals surface area contributed by atoms with Crippen LogP contribution in [0.15, 0.2) is 217 Å². The van der Waals surface area contributed by atoms with Gasteiger partial charge in [0.25, 0.3) is 0 Å². The Morgan fingerprint density at radius 1 is 0.278 bits per heavy atom. The summed E-state index contributed by atoms with van der Waals surface area (Å²) in [6.45, 7) is 0. The third-order valence-electron chi connectivity index (χ3n) is 10.5. The second kappa shape index (κ2) is 13.4. The fourth-order valence-electron chi connectivity index (χ4n) is 7.86. The van der Waals surface area contributed by atoms with Gasteiger partial charge in [0.1, 0.15) is 11.2 Å². The van der Waals surface area contributed by atoms with Crippen LogP contribution < -0.4 is 4.90 Å². The Bertz CT molecular complexity index is 2790. The molecule has 0 spiro atoms. The van der Waals surface area contributed by atoms with Crippen LogP contribution in [0, 0.1) is 0 Å². The van der Waals surface area contributed by atoms with Crippen LogP contribution in [0.3, 0.4) is 0 Å². The number of para-hydroxylation sites is 1. The Kier molecular flexibility index (Phi) is 7.85. The predicted molar refractivity (Wildman–Crippen MR) is 228 cm³/mol. The smallest absolute Gasteiger partial charge is 0.143 e. The van der Waals surface area contributed by atoms with Crippen LogP contribution in [-0.2, 0) is 0 Å². The summed E-state index contributed by atoms with van der Waals surface area (Å²) >= 11 is 0. The molecular weight excluding hydrogens is 655 g/mol. The van der Waals surface area contributed by atoms with E-state index in [1.165, 1.54) is 44.2 Å². The summed E-state index contributed by atoms with van der Waals surface area (Å²) in [5.41, 5.74) is 14.6. The van der Waals surface area contributed by atoms with Gasteiger partial charge in [0.05, 0.1) is 0 Å². The van der Waals surface area contributed by atoms with Crippen molar-refractivity contribution in [2.24, 2.45) is 0 Å². The lowest BCUT2D eigenvalue weighted by atomic mass is 9.94. The van der Waals surface area contributed by atoms with Crippen molar-refractivity contribution in [1.82, 2.24) is 0 Å². The van der Waals surface area contributed by atoms with Crippen LogP contribution in [0.1, 0.15) is 0 Å². The number of nitrogens with zero attached hydrogens (tertiary/aromatic N) is 1. The molecule has 1 heterocycles. The maximum absolute atomic E-state index is 6.58. The molecule has 0 N–H and O–H groups in total. The Morgan fingerprint density at radius 2 is 0.704 bits per heavy atom. The van der Waals surface area contributed by atoms with Crippen LogP contribution >= 0.6 is 0 Å². The highest BCUT2D eigenvalue weighted by molar-refractivity contribution is 6.22. The van der Waals surface area contributed by atoms with Gasteiger partial charge < -0.3 is 9.32 Å². The van der Waals surface area contributed by atoms with Gasteiger partial charge in [-0.15, -0.1) is 0 Å². The highest BCUT2D eigenvalue weighted by Crippen LogP contribution is 2.42. The standard InChI is InChI=1S/C52H35NO/c1-4-12-36(13-5-1)38-22-28-42(29-23-38)53(43-30-24-39(25-31-43)37-14-6-2-7-15-37)44-32-26-41(27-33-44)45-18-10-20-48-47(45)34-35-50-51(48)49-21-11-19-46(52(49)54-50)40-16-8-3-9-17-40/h1-35H. The molecule has 0 amide bonds. The van der Waals surface area contributed by atoms with Crippen molar-refractivity contribution in [3.63, 3.8) is 0 Å². The molecule has 0 aliphatic heterocycles. The molecule has 254 valence electrons. The molecule has 0 bridgehead atoms. The van der Waals surface area contributed by atoms with E-state index in [1.807, 2.05) is 6.07 Å². The molecule has 0 aliphatic rings. The zero-order valence-corrected chi connectivity index (χ0v) is 29.6. The summed E-state index contributed by atoms with van der Waals surface area (Å²) in [6.07, 6.45) is 0. The monoisotopic (exact) mass is 689 g/mol. The highest BCUT2D eigenvalue weighted by atomic mass is 16.3. The van der Waals surface area contributed by atoms with Crippen LogP contribution in [0.5, 0.6) is 0 Å².